The van der Waals surface area contributed by atoms with Gasteiger partial charge >= 0.3 is 5.97 Å². The quantitative estimate of drug-likeness (QED) is 0.594. The van der Waals surface area contributed by atoms with Gasteiger partial charge in [-0.1, -0.05) is 0 Å². The predicted octanol–water partition coefficient (Wildman–Crippen LogP) is 0.345. The molecule has 0 bridgehead atoms. The third kappa shape index (κ3) is 7.21. The molecular formula is C9H17NO4S. The zero-order chi connectivity index (χ0) is 11.7. The molecule has 0 aliphatic carbocycles. The van der Waals surface area contributed by atoms with Gasteiger partial charge in [0.15, 0.2) is 0 Å². The van der Waals surface area contributed by atoms with Gasteiger partial charge in [0.05, 0.1) is 5.75 Å². The summed E-state index contributed by atoms with van der Waals surface area (Å²) in [5.41, 5.74) is 0. The van der Waals surface area contributed by atoms with Gasteiger partial charge in [-0.05, 0) is 19.1 Å². The standard InChI is InChI=1S/C9H17NO4S/c1-14-5-3-4-7(9(12)13)10-8(11)6-15-2/h7H,3-6H2,1-2H3,(H,10,11)(H,12,13). The molecule has 0 aliphatic rings. The van der Waals surface area contributed by atoms with Crippen LogP contribution in [0.25, 0.3) is 0 Å². The third-order valence-electron chi connectivity index (χ3n) is 1.75. The Kier molecular flexibility index (Phi) is 8.12. The van der Waals surface area contributed by atoms with Gasteiger partial charge in [0.25, 0.3) is 0 Å². The smallest absolute Gasteiger partial charge is 0.326 e. The number of carboxylic acids is 1. The summed E-state index contributed by atoms with van der Waals surface area (Å²) in [6, 6.07) is -0.806. The van der Waals surface area contributed by atoms with Crippen LogP contribution in [0.3, 0.4) is 0 Å². The molecule has 0 fully saturated rings. The molecule has 88 valence electrons. The van der Waals surface area contributed by atoms with Crippen molar-refractivity contribution in [1.82, 2.24) is 5.32 Å². The molecule has 0 rings (SSSR count). The van der Waals surface area contributed by atoms with E-state index in [-0.39, 0.29) is 11.7 Å². The molecule has 0 heterocycles. The maximum atomic E-state index is 11.2. The van der Waals surface area contributed by atoms with E-state index in [9.17, 15) is 9.59 Å². The first-order valence-corrected chi connectivity index (χ1v) is 6.01. The highest BCUT2D eigenvalue weighted by molar-refractivity contribution is 7.99. The Morgan fingerprint density at radius 2 is 2.20 bits per heavy atom. The van der Waals surface area contributed by atoms with E-state index in [1.165, 1.54) is 11.8 Å². The van der Waals surface area contributed by atoms with E-state index in [2.05, 4.69) is 5.32 Å². The van der Waals surface area contributed by atoms with Crippen LogP contribution in [0.2, 0.25) is 0 Å². The van der Waals surface area contributed by atoms with Crippen LogP contribution >= 0.6 is 11.8 Å². The lowest BCUT2D eigenvalue weighted by Crippen LogP contribution is -2.41. The molecule has 1 unspecified atom stereocenters. The van der Waals surface area contributed by atoms with Crippen molar-refractivity contribution in [2.24, 2.45) is 0 Å². The van der Waals surface area contributed by atoms with E-state index in [0.717, 1.165) is 0 Å². The number of rotatable bonds is 8. The Hall–Kier alpha value is -0.750. The first kappa shape index (κ1) is 14.2. The van der Waals surface area contributed by atoms with Crippen molar-refractivity contribution >= 4 is 23.6 Å². The molecule has 0 aromatic rings. The van der Waals surface area contributed by atoms with Gasteiger partial charge in [0, 0.05) is 13.7 Å². The number of carboxylic acid groups (broad SMARTS) is 1. The maximum absolute atomic E-state index is 11.2. The Labute approximate surface area is 93.6 Å². The molecule has 1 atom stereocenters. The van der Waals surface area contributed by atoms with Gasteiger partial charge in [-0.3, -0.25) is 4.79 Å². The molecule has 0 saturated heterocycles. The van der Waals surface area contributed by atoms with Gasteiger partial charge in [-0.2, -0.15) is 11.8 Å². The number of aliphatic carboxylic acids is 1. The van der Waals surface area contributed by atoms with Crippen LogP contribution in [0.4, 0.5) is 0 Å². The number of ether oxygens (including phenoxy) is 1. The molecule has 0 aromatic heterocycles. The van der Waals surface area contributed by atoms with Crippen LogP contribution in [0.5, 0.6) is 0 Å². The largest absolute Gasteiger partial charge is 0.480 e. The zero-order valence-electron chi connectivity index (χ0n) is 8.99. The second-order valence-corrected chi connectivity index (χ2v) is 3.89. The Morgan fingerprint density at radius 3 is 2.67 bits per heavy atom. The van der Waals surface area contributed by atoms with Crippen molar-refractivity contribution in [1.29, 1.82) is 0 Å². The minimum atomic E-state index is -0.999. The fraction of sp³-hybridized carbons (Fsp3) is 0.778. The maximum Gasteiger partial charge on any atom is 0.326 e. The highest BCUT2D eigenvalue weighted by Crippen LogP contribution is 1.99. The number of hydrogen-bond donors (Lipinski definition) is 2. The summed E-state index contributed by atoms with van der Waals surface area (Å²) >= 11 is 1.36. The summed E-state index contributed by atoms with van der Waals surface area (Å²) in [7, 11) is 1.56. The molecule has 6 heteroatoms. The molecule has 15 heavy (non-hydrogen) atoms. The summed E-state index contributed by atoms with van der Waals surface area (Å²) < 4.78 is 4.81. The van der Waals surface area contributed by atoms with Gasteiger partial charge < -0.3 is 15.2 Å². The number of amides is 1. The number of hydrogen-bond acceptors (Lipinski definition) is 4. The van der Waals surface area contributed by atoms with Gasteiger partial charge in [-0.15, -0.1) is 0 Å². The SMILES string of the molecule is COCCCC(NC(=O)CSC)C(=O)O. The zero-order valence-corrected chi connectivity index (χ0v) is 9.80. The summed E-state index contributed by atoms with van der Waals surface area (Å²) in [4.78, 5) is 21.9. The fourth-order valence-electron chi connectivity index (χ4n) is 1.06. The number of nitrogens with one attached hydrogen (secondary N) is 1. The molecule has 0 spiro atoms. The summed E-state index contributed by atoms with van der Waals surface area (Å²) in [6.07, 6.45) is 2.80. The second kappa shape index (κ2) is 8.55. The highest BCUT2D eigenvalue weighted by Gasteiger charge is 2.18. The first-order valence-electron chi connectivity index (χ1n) is 4.61. The van der Waals surface area contributed by atoms with E-state index < -0.39 is 12.0 Å². The van der Waals surface area contributed by atoms with Crippen LogP contribution in [0.15, 0.2) is 0 Å². The molecule has 0 saturated carbocycles. The Bertz CT molecular complexity index is 210. The van der Waals surface area contributed by atoms with Crippen LogP contribution in [-0.2, 0) is 14.3 Å². The van der Waals surface area contributed by atoms with Crippen molar-refractivity contribution < 1.29 is 19.4 Å². The van der Waals surface area contributed by atoms with Crippen molar-refractivity contribution in [2.45, 2.75) is 18.9 Å². The van der Waals surface area contributed by atoms with Crippen LogP contribution in [-0.4, -0.2) is 48.8 Å². The van der Waals surface area contributed by atoms with Crippen molar-refractivity contribution in [3.8, 4) is 0 Å². The van der Waals surface area contributed by atoms with E-state index in [1.54, 1.807) is 13.4 Å². The number of carbonyl (C=O) groups is 2. The number of thioether (sulfide) groups is 1. The minimum absolute atomic E-state index is 0.243. The number of carbonyl (C=O) groups excluding carboxylic acids is 1. The summed E-state index contributed by atoms with van der Waals surface area (Å²) in [5.74, 6) is -0.957. The minimum Gasteiger partial charge on any atom is -0.480 e. The van der Waals surface area contributed by atoms with E-state index >= 15 is 0 Å². The van der Waals surface area contributed by atoms with E-state index in [4.69, 9.17) is 9.84 Å². The normalized spacial score (nSPS) is 12.1. The van der Waals surface area contributed by atoms with Crippen molar-refractivity contribution in [2.75, 3.05) is 25.7 Å². The summed E-state index contributed by atoms with van der Waals surface area (Å²) in [6.45, 7) is 0.502. The molecule has 0 aliphatic heterocycles. The molecule has 0 aromatic carbocycles. The third-order valence-corrected chi connectivity index (χ3v) is 2.30. The predicted molar refractivity (Wildman–Crippen MR) is 59.1 cm³/mol. The highest BCUT2D eigenvalue weighted by atomic mass is 32.2. The number of methoxy groups -OCH3 is 1. The average molecular weight is 235 g/mol. The van der Waals surface area contributed by atoms with Crippen molar-refractivity contribution in [3.63, 3.8) is 0 Å². The molecule has 5 nitrogen and oxygen atoms in total. The fourth-order valence-corrected chi connectivity index (χ4v) is 1.40. The summed E-state index contributed by atoms with van der Waals surface area (Å²) in [5, 5.41) is 11.3. The molecule has 1 amide bonds. The van der Waals surface area contributed by atoms with Gasteiger partial charge in [0.1, 0.15) is 6.04 Å². The monoisotopic (exact) mass is 235 g/mol. The van der Waals surface area contributed by atoms with Crippen LogP contribution < -0.4 is 5.32 Å². The second-order valence-electron chi connectivity index (χ2n) is 3.03. The van der Waals surface area contributed by atoms with E-state index in [0.29, 0.717) is 19.4 Å². The van der Waals surface area contributed by atoms with Crippen LogP contribution in [0, 0.1) is 0 Å². The lowest BCUT2D eigenvalue weighted by molar-refractivity contribution is -0.141. The van der Waals surface area contributed by atoms with Crippen LogP contribution in [0.1, 0.15) is 12.8 Å². The molecule has 0 radical (unpaired) electrons. The van der Waals surface area contributed by atoms with E-state index in [1.807, 2.05) is 0 Å². The lowest BCUT2D eigenvalue weighted by atomic mass is 10.1. The first-order chi connectivity index (χ1) is 7.11. The Balaban J connectivity index is 3.93. The lowest BCUT2D eigenvalue weighted by Gasteiger charge is -2.13. The topological polar surface area (TPSA) is 75.6 Å². The van der Waals surface area contributed by atoms with Gasteiger partial charge in [0.2, 0.25) is 5.91 Å². The molecule has 2 N–H and O–H groups in total. The Morgan fingerprint density at radius 1 is 1.53 bits per heavy atom. The average Bonchev–Trinajstić information content (AvgIpc) is 2.16. The van der Waals surface area contributed by atoms with Crippen molar-refractivity contribution in [3.05, 3.63) is 0 Å². The van der Waals surface area contributed by atoms with Gasteiger partial charge in [-0.25, -0.2) is 4.79 Å². The molecular weight excluding hydrogens is 218 g/mol.